The molecule has 7 nitrogen and oxygen atoms in total. The van der Waals surface area contributed by atoms with Gasteiger partial charge in [-0.2, -0.15) is 5.10 Å². The predicted octanol–water partition coefficient (Wildman–Crippen LogP) is 6.30. The first-order valence-corrected chi connectivity index (χ1v) is 14.0. The highest BCUT2D eigenvalue weighted by molar-refractivity contribution is 7.53. The Morgan fingerprint density at radius 3 is 2.08 bits per heavy atom. The van der Waals surface area contributed by atoms with Gasteiger partial charge < -0.3 is 15.1 Å². The number of amides is 1. The van der Waals surface area contributed by atoms with Crippen LogP contribution in [0.3, 0.4) is 0 Å². The number of hydrogen-bond acceptors (Lipinski definition) is 3. The normalized spacial score (nSPS) is 11.9. The zero-order valence-corrected chi connectivity index (χ0v) is 21.9. The summed E-state index contributed by atoms with van der Waals surface area (Å²) in [4.78, 5) is 32.8. The first-order valence-electron chi connectivity index (χ1n) is 12.4. The van der Waals surface area contributed by atoms with Crippen LogP contribution in [-0.2, 0) is 20.9 Å². The number of carbonyl (C=O) groups excluding carboxylic acids is 1. The summed E-state index contributed by atoms with van der Waals surface area (Å²) in [6.07, 6.45) is 3.22. The minimum atomic E-state index is -4.36. The standard InChI is InChI=1S/C29H32N3O4P/c1-3-29(4-2,37(34,35)36)24-16-18-25(19-17-24)31-27(33)20-15-23-21-30-32(26-13-9-6-10-14-26)28(23)22-11-7-5-8-12-22/h5-14,16-19,21H,3-4,15,20H2,1-2H3,(H,31,33)(H2,34,35,36). The van der Waals surface area contributed by atoms with Crippen molar-refractivity contribution in [1.29, 1.82) is 0 Å². The number of aromatic nitrogens is 2. The number of nitrogens with zero attached hydrogens (tertiary/aromatic N) is 2. The van der Waals surface area contributed by atoms with E-state index in [2.05, 4.69) is 10.4 Å². The summed E-state index contributed by atoms with van der Waals surface area (Å²) in [6, 6.07) is 26.7. The Morgan fingerprint density at radius 1 is 0.919 bits per heavy atom. The molecule has 1 heterocycles. The molecule has 3 N–H and O–H groups in total. The van der Waals surface area contributed by atoms with E-state index >= 15 is 0 Å². The summed E-state index contributed by atoms with van der Waals surface area (Å²) in [5.74, 6) is -0.147. The molecule has 0 unspecified atom stereocenters. The molecular formula is C29H32N3O4P. The van der Waals surface area contributed by atoms with Gasteiger partial charge in [0.15, 0.2) is 0 Å². The monoisotopic (exact) mass is 517 g/mol. The number of rotatable bonds is 10. The lowest BCUT2D eigenvalue weighted by atomic mass is 9.92. The Hall–Kier alpha value is -3.51. The molecule has 0 aliphatic carbocycles. The molecule has 4 rings (SSSR count). The second-order valence-electron chi connectivity index (χ2n) is 9.04. The fourth-order valence-corrected chi connectivity index (χ4v) is 6.12. The van der Waals surface area contributed by atoms with Gasteiger partial charge >= 0.3 is 7.60 Å². The Bertz CT molecular complexity index is 1380. The van der Waals surface area contributed by atoms with E-state index in [0.717, 1.165) is 22.5 Å². The van der Waals surface area contributed by atoms with E-state index in [-0.39, 0.29) is 12.3 Å². The van der Waals surface area contributed by atoms with E-state index in [1.54, 1.807) is 38.1 Å². The van der Waals surface area contributed by atoms with Crippen molar-refractivity contribution in [3.05, 3.63) is 102 Å². The third kappa shape index (κ3) is 5.59. The van der Waals surface area contributed by atoms with E-state index in [4.69, 9.17) is 0 Å². The summed E-state index contributed by atoms with van der Waals surface area (Å²) in [6.45, 7) is 3.56. The van der Waals surface area contributed by atoms with Crippen molar-refractivity contribution in [3.8, 4) is 16.9 Å². The van der Waals surface area contributed by atoms with Crippen LogP contribution >= 0.6 is 7.60 Å². The minimum Gasteiger partial charge on any atom is -0.326 e. The van der Waals surface area contributed by atoms with E-state index in [9.17, 15) is 19.1 Å². The average Bonchev–Trinajstić information content (AvgIpc) is 3.34. The van der Waals surface area contributed by atoms with Gasteiger partial charge in [-0.3, -0.25) is 9.36 Å². The van der Waals surface area contributed by atoms with Crippen LogP contribution in [0.15, 0.2) is 91.1 Å². The topological polar surface area (TPSA) is 104 Å². The van der Waals surface area contributed by atoms with Crippen LogP contribution in [-0.4, -0.2) is 25.5 Å². The van der Waals surface area contributed by atoms with Gasteiger partial charge in [0.2, 0.25) is 5.91 Å². The first-order chi connectivity index (χ1) is 17.8. The number of nitrogens with one attached hydrogen (secondary N) is 1. The molecular weight excluding hydrogens is 485 g/mol. The second kappa shape index (κ2) is 11.3. The van der Waals surface area contributed by atoms with Gasteiger partial charge in [-0.15, -0.1) is 0 Å². The highest BCUT2D eigenvalue weighted by atomic mass is 31.2. The molecule has 192 valence electrons. The summed E-state index contributed by atoms with van der Waals surface area (Å²) in [5, 5.41) is 6.30. The van der Waals surface area contributed by atoms with Crippen molar-refractivity contribution < 1.29 is 19.1 Å². The Kier molecular flexibility index (Phi) is 8.08. The van der Waals surface area contributed by atoms with E-state index < -0.39 is 12.8 Å². The second-order valence-corrected chi connectivity index (χ2v) is 11.0. The fourth-order valence-electron chi connectivity index (χ4n) is 4.81. The first kappa shape index (κ1) is 26.6. The SMILES string of the molecule is CCC(CC)(c1ccc(NC(=O)CCc2cnn(-c3ccccc3)c2-c2ccccc2)cc1)P(=O)(O)O. The quantitative estimate of drug-likeness (QED) is 0.214. The Labute approximate surface area is 217 Å². The van der Waals surface area contributed by atoms with Gasteiger partial charge in [-0.1, -0.05) is 74.5 Å². The maximum absolute atomic E-state index is 12.8. The van der Waals surface area contributed by atoms with Crippen LogP contribution in [0.2, 0.25) is 0 Å². The van der Waals surface area contributed by atoms with Crippen molar-refractivity contribution in [2.45, 2.75) is 44.7 Å². The zero-order chi connectivity index (χ0) is 26.5. The lowest BCUT2D eigenvalue weighted by Crippen LogP contribution is -2.24. The molecule has 37 heavy (non-hydrogen) atoms. The van der Waals surface area contributed by atoms with Crippen LogP contribution < -0.4 is 5.32 Å². The summed E-state index contributed by atoms with van der Waals surface area (Å²) < 4.78 is 14.1. The maximum Gasteiger partial charge on any atom is 0.335 e. The van der Waals surface area contributed by atoms with E-state index in [0.29, 0.717) is 30.5 Å². The molecule has 0 bridgehead atoms. The van der Waals surface area contributed by atoms with E-state index in [1.807, 2.05) is 71.5 Å². The third-order valence-corrected chi connectivity index (χ3v) is 8.95. The minimum absolute atomic E-state index is 0.147. The summed E-state index contributed by atoms with van der Waals surface area (Å²) in [7, 11) is -4.36. The fraction of sp³-hybridized carbons (Fsp3) is 0.241. The van der Waals surface area contributed by atoms with Crippen LogP contribution in [0.4, 0.5) is 5.69 Å². The number of aryl methyl sites for hydroxylation is 1. The molecule has 8 heteroatoms. The Balaban J connectivity index is 1.50. The van der Waals surface area contributed by atoms with Gasteiger partial charge in [0.05, 0.1) is 22.7 Å². The maximum atomic E-state index is 12.8. The van der Waals surface area contributed by atoms with Crippen LogP contribution in [0.1, 0.15) is 44.2 Å². The van der Waals surface area contributed by atoms with E-state index in [1.165, 1.54) is 0 Å². The van der Waals surface area contributed by atoms with Gasteiger partial charge in [-0.25, -0.2) is 4.68 Å². The van der Waals surface area contributed by atoms with Gasteiger partial charge in [0, 0.05) is 17.7 Å². The number of carbonyl (C=O) groups is 1. The van der Waals surface area contributed by atoms with Crippen molar-refractivity contribution in [2.24, 2.45) is 0 Å². The van der Waals surface area contributed by atoms with Crippen molar-refractivity contribution in [3.63, 3.8) is 0 Å². The molecule has 0 aliphatic rings. The molecule has 0 spiro atoms. The average molecular weight is 518 g/mol. The Morgan fingerprint density at radius 2 is 1.51 bits per heavy atom. The molecule has 4 aromatic rings. The lowest BCUT2D eigenvalue weighted by molar-refractivity contribution is -0.116. The van der Waals surface area contributed by atoms with Gasteiger partial charge in [0.1, 0.15) is 0 Å². The van der Waals surface area contributed by atoms with Crippen LogP contribution in [0.5, 0.6) is 0 Å². The van der Waals surface area contributed by atoms with Crippen molar-refractivity contribution in [1.82, 2.24) is 9.78 Å². The summed E-state index contributed by atoms with van der Waals surface area (Å²) >= 11 is 0. The van der Waals surface area contributed by atoms with Gasteiger partial charge in [0.25, 0.3) is 0 Å². The molecule has 0 aliphatic heterocycles. The molecule has 0 saturated heterocycles. The molecule has 3 aromatic carbocycles. The highest BCUT2D eigenvalue weighted by Gasteiger charge is 2.45. The molecule has 0 fully saturated rings. The molecule has 0 saturated carbocycles. The van der Waals surface area contributed by atoms with Crippen LogP contribution in [0.25, 0.3) is 16.9 Å². The largest absolute Gasteiger partial charge is 0.335 e. The highest BCUT2D eigenvalue weighted by Crippen LogP contribution is 2.60. The molecule has 1 amide bonds. The number of hydrogen-bond donors (Lipinski definition) is 3. The third-order valence-electron chi connectivity index (χ3n) is 6.95. The smallest absolute Gasteiger partial charge is 0.326 e. The van der Waals surface area contributed by atoms with Gasteiger partial charge in [-0.05, 0) is 54.7 Å². The molecule has 0 atom stereocenters. The van der Waals surface area contributed by atoms with Crippen molar-refractivity contribution >= 4 is 19.2 Å². The number of anilines is 1. The molecule has 1 aromatic heterocycles. The number of benzene rings is 3. The number of para-hydroxylation sites is 1. The van der Waals surface area contributed by atoms with Crippen molar-refractivity contribution in [2.75, 3.05) is 5.32 Å². The van der Waals surface area contributed by atoms with Crippen LogP contribution in [0, 0.1) is 0 Å². The zero-order valence-electron chi connectivity index (χ0n) is 21.0. The predicted molar refractivity (Wildman–Crippen MR) is 147 cm³/mol. The molecule has 0 radical (unpaired) electrons. The summed E-state index contributed by atoms with van der Waals surface area (Å²) in [5.41, 5.74) is 5.06. The lowest BCUT2D eigenvalue weighted by Gasteiger charge is -2.33.